The van der Waals surface area contributed by atoms with Crippen molar-refractivity contribution in [1.82, 2.24) is 10.6 Å². The number of nitrogens with one attached hydrogen (secondary N) is 2. The first-order chi connectivity index (χ1) is 6.73. The van der Waals surface area contributed by atoms with Crippen molar-refractivity contribution in [3.8, 4) is 0 Å². The van der Waals surface area contributed by atoms with Gasteiger partial charge < -0.3 is 22.1 Å². The standard InChI is InChI=1S/C10H18N4/c11-9-2-1-5-14-10(9,12)8-3-6-13-7-4-8/h1-2,5,8,13-14H,3-4,6-7,11-12H2. The highest BCUT2D eigenvalue weighted by Gasteiger charge is 2.37. The fourth-order valence-corrected chi connectivity index (χ4v) is 2.19. The maximum atomic E-state index is 6.29. The van der Waals surface area contributed by atoms with Crippen LogP contribution in [-0.2, 0) is 0 Å². The van der Waals surface area contributed by atoms with Crippen molar-refractivity contribution in [3.63, 3.8) is 0 Å². The molecule has 2 aliphatic rings. The quantitative estimate of drug-likeness (QED) is 0.458. The van der Waals surface area contributed by atoms with Gasteiger partial charge in [-0.05, 0) is 44.3 Å². The summed E-state index contributed by atoms with van der Waals surface area (Å²) in [5, 5.41) is 6.52. The van der Waals surface area contributed by atoms with E-state index in [1.807, 2.05) is 18.4 Å². The maximum absolute atomic E-state index is 6.29. The third-order valence-corrected chi connectivity index (χ3v) is 3.15. The lowest BCUT2D eigenvalue weighted by Gasteiger charge is -2.41. The van der Waals surface area contributed by atoms with Gasteiger partial charge in [-0.1, -0.05) is 0 Å². The average molecular weight is 194 g/mol. The van der Waals surface area contributed by atoms with Crippen molar-refractivity contribution in [3.05, 3.63) is 24.0 Å². The molecule has 0 aromatic carbocycles. The Morgan fingerprint density at radius 2 is 2.07 bits per heavy atom. The molecule has 78 valence electrons. The van der Waals surface area contributed by atoms with Crippen molar-refractivity contribution in [1.29, 1.82) is 0 Å². The van der Waals surface area contributed by atoms with E-state index in [9.17, 15) is 0 Å². The van der Waals surface area contributed by atoms with E-state index in [0.29, 0.717) is 5.92 Å². The minimum absolute atomic E-state index is 0.421. The van der Waals surface area contributed by atoms with Gasteiger partial charge in [0.15, 0.2) is 0 Å². The molecule has 0 amide bonds. The number of hydrogen-bond donors (Lipinski definition) is 4. The SMILES string of the molecule is NC1=CC=CNC1(N)C1CCNCC1. The van der Waals surface area contributed by atoms with Crippen LogP contribution in [0.2, 0.25) is 0 Å². The molecule has 1 saturated heterocycles. The molecule has 0 radical (unpaired) electrons. The summed E-state index contributed by atoms with van der Waals surface area (Å²) in [4.78, 5) is 0. The van der Waals surface area contributed by atoms with Crippen molar-refractivity contribution in [2.75, 3.05) is 13.1 Å². The Bertz CT molecular complexity index is 265. The van der Waals surface area contributed by atoms with Crippen molar-refractivity contribution >= 4 is 0 Å². The lowest BCUT2D eigenvalue weighted by atomic mass is 9.82. The van der Waals surface area contributed by atoms with Gasteiger partial charge in [0.1, 0.15) is 5.66 Å². The molecule has 14 heavy (non-hydrogen) atoms. The summed E-state index contributed by atoms with van der Waals surface area (Å²) in [5.74, 6) is 0.421. The number of dihydropyridines is 1. The van der Waals surface area contributed by atoms with E-state index >= 15 is 0 Å². The second-order valence-electron chi connectivity index (χ2n) is 4.02. The van der Waals surface area contributed by atoms with E-state index in [1.165, 1.54) is 0 Å². The molecule has 1 fully saturated rings. The molecular formula is C10H18N4. The molecule has 6 N–H and O–H groups in total. The van der Waals surface area contributed by atoms with E-state index < -0.39 is 5.66 Å². The van der Waals surface area contributed by atoms with Gasteiger partial charge in [-0.15, -0.1) is 0 Å². The normalized spacial score (nSPS) is 33.6. The van der Waals surface area contributed by atoms with Crippen LogP contribution in [0, 0.1) is 5.92 Å². The fourth-order valence-electron chi connectivity index (χ4n) is 2.19. The smallest absolute Gasteiger partial charge is 0.129 e. The third kappa shape index (κ3) is 1.51. The predicted octanol–water partition coefficient (Wildman–Crippen LogP) is -0.399. The first kappa shape index (κ1) is 9.55. The molecule has 2 rings (SSSR count). The summed E-state index contributed by atoms with van der Waals surface area (Å²) in [6.07, 6.45) is 7.80. The molecule has 0 bridgehead atoms. The van der Waals surface area contributed by atoms with Crippen LogP contribution in [-0.4, -0.2) is 18.8 Å². The van der Waals surface area contributed by atoms with Gasteiger partial charge >= 0.3 is 0 Å². The van der Waals surface area contributed by atoms with Crippen LogP contribution in [0.3, 0.4) is 0 Å². The van der Waals surface area contributed by atoms with Crippen LogP contribution in [0.4, 0.5) is 0 Å². The first-order valence-corrected chi connectivity index (χ1v) is 5.13. The van der Waals surface area contributed by atoms with Crippen molar-refractivity contribution in [2.24, 2.45) is 17.4 Å². The number of piperidine rings is 1. The molecule has 4 nitrogen and oxygen atoms in total. The Morgan fingerprint density at radius 1 is 1.36 bits per heavy atom. The van der Waals surface area contributed by atoms with Crippen LogP contribution in [0.5, 0.6) is 0 Å². The van der Waals surface area contributed by atoms with Gasteiger partial charge in [0.05, 0.1) is 0 Å². The summed E-state index contributed by atoms with van der Waals surface area (Å²) < 4.78 is 0. The molecule has 0 saturated carbocycles. The monoisotopic (exact) mass is 194 g/mol. The second kappa shape index (κ2) is 3.63. The zero-order chi connectivity index (χ0) is 10.0. The van der Waals surface area contributed by atoms with E-state index in [1.54, 1.807) is 0 Å². The molecular weight excluding hydrogens is 176 g/mol. The zero-order valence-corrected chi connectivity index (χ0v) is 8.29. The highest BCUT2D eigenvalue weighted by atomic mass is 15.1. The third-order valence-electron chi connectivity index (χ3n) is 3.15. The minimum Gasteiger partial charge on any atom is -0.399 e. The van der Waals surface area contributed by atoms with Crippen LogP contribution < -0.4 is 22.1 Å². The van der Waals surface area contributed by atoms with Gasteiger partial charge in [-0.2, -0.15) is 0 Å². The summed E-state index contributed by atoms with van der Waals surface area (Å²) in [6, 6.07) is 0. The topological polar surface area (TPSA) is 76.1 Å². The van der Waals surface area contributed by atoms with E-state index in [0.717, 1.165) is 31.6 Å². The number of rotatable bonds is 1. The highest BCUT2D eigenvalue weighted by molar-refractivity contribution is 5.27. The van der Waals surface area contributed by atoms with Crippen molar-refractivity contribution < 1.29 is 0 Å². The summed E-state index contributed by atoms with van der Waals surface area (Å²) in [7, 11) is 0. The van der Waals surface area contributed by atoms with Gasteiger partial charge in [0, 0.05) is 11.6 Å². The summed E-state index contributed by atoms with van der Waals surface area (Å²) in [5.41, 5.74) is 12.5. The van der Waals surface area contributed by atoms with Crippen LogP contribution >= 0.6 is 0 Å². The average Bonchev–Trinajstić information content (AvgIpc) is 2.24. The van der Waals surface area contributed by atoms with Crippen LogP contribution in [0.25, 0.3) is 0 Å². The molecule has 0 aromatic rings. The van der Waals surface area contributed by atoms with Crippen LogP contribution in [0.1, 0.15) is 12.8 Å². The van der Waals surface area contributed by atoms with Crippen LogP contribution in [0.15, 0.2) is 24.0 Å². The molecule has 0 spiro atoms. The van der Waals surface area contributed by atoms with Gasteiger partial charge in [-0.3, -0.25) is 0 Å². The van der Waals surface area contributed by atoms with E-state index in [4.69, 9.17) is 11.5 Å². The number of allylic oxidation sites excluding steroid dienone is 2. The van der Waals surface area contributed by atoms with E-state index in [-0.39, 0.29) is 0 Å². The maximum Gasteiger partial charge on any atom is 0.129 e. The van der Waals surface area contributed by atoms with Crippen molar-refractivity contribution in [2.45, 2.75) is 18.5 Å². The Kier molecular flexibility index (Phi) is 2.48. The van der Waals surface area contributed by atoms with Gasteiger partial charge in [0.25, 0.3) is 0 Å². The molecule has 0 aliphatic carbocycles. The molecule has 4 heteroatoms. The highest BCUT2D eigenvalue weighted by Crippen LogP contribution is 2.27. The first-order valence-electron chi connectivity index (χ1n) is 5.13. The Hall–Kier alpha value is -1.00. The molecule has 1 atom stereocenters. The van der Waals surface area contributed by atoms with Gasteiger partial charge in [-0.25, -0.2) is 0 Å². The minimum atomic E-state index is -0.531. The second-order valence-corrected chi connectivity index (χ2v) is 4.02. The summed E-state index contributed by atoms with van der Waals surface area (Å²) >= 11 is 0. The predicted molar refractivity (Wildman–Crippen MR) is 57.1 cm³/mol. The number of hydrogen-bond acceptors (Lipinski definition) is 4. The Morgan fingerprint density at radius 3 is 2.71 bits per heavy atom. The Balaban J connectivity index is 2.14. The largest absolute Gasteiger partial charge is 0.399 e. The molecule has 0 aromatic heterocycles. The fraction of sp³-hybridized carbons (Fsp3) is 0.600. The lowest BCUT2D eigenvalue weighted by molar-refractivity contribution is 0.221. The van der Waals surface area contributed by atoms with Gasteiger partial charge in [0.2, 0.25) is 0 Å². The Labute approximate surface area is 84.4 Å². The summed E-state index contributed by atoms with van der Waals surface area (Å²) in [6.45, 7) is 2.06. The van der Waals surface area contributed by atoms with E-state index in [2.05, 4.69) is 10.6 Å². The molecule has 2 heterocycles. The molecule has 1 unspecified atom stereocenters. The zero-order valence-electron chi connectivity index (χ0n) is 8.29. The lowest BCUT2D eigenvalue weighted by Crippen LogP contribution is -2.62. The molecule has 2 aliphatic heterocycles. The number of nitrogens with two attached hydrogens (primary N) is 2.